The largest absolute Gasteiger partial charge is 0.497 e. The molecule has 0 unspecified atom stereocenters. The van der Waals surface area contributed by atoms with E-state index in [9.17, 15) is 9.59 Å². The van der Waals surface area contributed by atoms with Gasteiger partial charge in [0.25, 0.3) is 11.8 Å². The molecule has 0 saturated heterocycles. The molecule has 0 fully saturated rings. The number of hydrogen-bond donors (Lipinski definition) is 2. The number of methoxy groups -OCH3 is 1. The molecule has 34 heavy (non-hydrogen) atoms. The highest BCUT2D eigenvalue weighted by atomic mass is 16.5. The second-order valence-corrected chi connectivity index (χ2v) is 7.26. The Labute approximate surface area is 195 Å². The summed E-state index contributed by atoms with van der Waals surface area (Å²) in [5.74, 6) is 1.43. The zero-order valence-electron chi connectivity index (χ0n) is 18.6. The molecule has 3 aromatic carbocycles. The highest BCUT2D eigenvalue weighted by molar-refractivity contribution is 6.05. The molecule has 4 rings (SSSR count). The summed E-state index contributed by atoms with van der Waals surface area (Å²) in [7, 11) is 1.60. The molecule has 0 saturated carbocycles. The summed E-state index contributed by atoms with van der Waals surface area (Å²) in [6, 6.07) is 20.9. The van der Waals surface area contributed by atoms with Crippen LogP contribution in [-0.4, -0.2) is 29.1 Å². The Morgan fingerprint density at radius 3 is 2.35 bits per heavy atom. The van der Waals surface area contributed by atoms with E-state index in [1.54, 1.807) is 55.6 Å². The normalized spacial score (nSPS) is 10.4. The van der Waals surface area contributed by atoms with Gasteiger partial charge in [0.15, 0.2) is 6.61 Å². The van der Waals surface area contributed by atoms with Crippen LogP contribution in [-0.2, 0) is 11.4 Å². The van der Waals surface area contributed by atoms with Crippen LogP contribution in [0.15, 0.2) is 77.2 Å². The molecule has 1 aromatic heterocycles. The number of benzene rings is 3. The molecule has 0 spiro atoms. The minimum atomic E-state index is -0.314. The molecule has 0 atom stereocenters. The van der Waals surface area contributed by atoms with Crippen molar-refractivity contribution in [3.63, 3.8) is 0 Å². The zero-order chi connectivity index (χ0) is 23.9. The molecule has 1 heterocycles. The van der Waals surface area contributed by atoms with Crippen LogP contribution >= 0.6 is 0 Å². The Hall–Kier alpha value is -4.66. The summed E-state index contributed by atoms with van der Waals surface area (Å²) in [5, 5.41) is 13.5. The third kappa shape index (κ3) is 5.77. The SMILES string of the molecule is COc1ccc(-c2nnc(COc3cccc(NC(=O)c4cccc(NC(C)=O)c4)c3)o2)cc1. The van der Waals surface area contributed by atoms with E-state index in [1.807, 2.05) is 24.3 Å². The third-order valence-corrected chi connectivity index (χ3v) is 4.70. The summed E-state index contributed by atoms with van der Waals surface area (Å²) in [6.07, 6.45) is 0. The Bertz CT molecular complexity index is 1300. The Morgan fingerprint density at radius 2 is 1.62 bits per heavy atom. The summed E-state index contributed by atoms with van der Waals surface area (Å²) in [6.45, 7) is 1.48. The lowest BCUT2D eigenvalue weighted by molar-refractivity contribution is -0.114. The topological polar surface area (TPSA) is 116 Å². The average Bonchev–Trinajstić information content (AvgIpc) is 3.32. The van der Waals surface area contributed by atoms with Crippen LogP contribution in [0, 0.1) is 0 Å². The van der Waals surface area contributed by atoms with Gasteiger partial charge in [-0.25, -0.2) is 0 Å². The van der Waals surface area contributed by atoms with Crippen LogP contribution in [0.4, 0.5) is 11.4 Å². The van der Waals surface area contributed by atoms with E-state index in [0.717, 1.165) is 11.3 Å². The summed E-state index contributed by atoms with van der Waals surface area (Å²) < 4.78 is 16.6. The van der Waals surface area contributed by atoms with Gasteiger partial charge in [0, 0.05) is 35.5 Å². The van der Waals surface area contributed by atoms with Gasteiger partial charge in [-0.2, -0.15) is 0 Å². The van der Waals surface area contributed by atoms with E-state index in [0.29, 0.717) is 34.5 Å². The van der Waals surface area contributed by atoms with Crippen molar-refractivity contribution in [3.05, 3.63) is 84.3 Å². The predicted octanol–water partition coefficient (Wildman–Crippen LogP) is 4.53. The fourth-order valence-corrected chi connectivity index (χ4v) is 3.12. The van der Waals surface area contributed by atoms with Crippen molar-refractivity contribution in [2.45, 2.75) is 13.5 Å². The minimum absolute atomic E-state index is 0.0688. The van der Waals surface area contributed by atoms with Gasteiger partial charge in [-0.15, -0.1) is 10.2 Å². The molecule has 0 aliphatic heterocycles. The van der Waals surface area contributed by atoms with Crippen LogP contribution in [0.2, 0.25) is 0 Å². The molecular weight excluding hydrogens is 436 g/mol. The molecule has 172 valence electrons. The highest BCUT2D eigenvalue weighted by Gasteiger charge is 2.11. The van der Waals surface area contributed by atoms with Crippen LogP contribution < -0.4 is 20.1 Å². The van der Waals surface area contributed by atoms with Gasteiger partial charge in [-0.05, 0) is 54.6 Å². The Kier molecular flexibility index (Phi) is 6.83. The number of ether oxygens (including phenoxy) is 2. The van der Waals surface area contributed by atoms with Crippen molar-refractivity contribution >= 4 is 23.2 Å². The monoisotopic (exact) mass is 458 g/mol. The standard InChI is InChI=1S/C25H22N4O5/c1-16(30)26-19-6-3-5-18(13-19)24(31)27-20-7-4-8-22(14-20)33-15-23-28-29-25(34-23)17-9-11-21(32-2)12-10-17/h3-14H,15H2,1-2H3,(H,26,30)(H,27,31). The number of nitrogens with one attached hydrogen (secondary N) is 2. The zero-order valence-corrected chi connectivity index (χ0v) is 18.6. The molecule has 0 radical (unpaired) electrons. The van der Waals surface area contributed by atoms with E-state index >= 15 is 0 Å². The number of anilines is 2. The summed E-state index contributed by atoms with van der Waals surface area (Å²) in [5.41, 5.74) is 2.28. The van der Waals surface area contributed by atoms with E-state index in [2.05, 4.69) is 20.8 Å². The minimum Gasteiger partial charge on any atom is -0.497 e. The van der Waals surface area contributed by atoms with E-state index < -0.39 is 0 Å². The van der Waals surface area contributed by atoms with E-state index in [-0.39, 0.29) is 18.4 Å². The molecule has 0 aliphatic rings. The van der Waals surface area contributed by atoms with E-state index in [1.165, 1.54) is 6.92 Å². The van der Waals surface area contributed by atoms with Gasteiger partial charge in [0.2, 0.25) is 11.8 Å². The quantitative estimate of drug-likeness (QED) is 0.398. The van der Waals surface area contributed by atoms with Gasteiger partial charge >= 0.3 is 0 Å². The van der Waals surface area contributed by atoms with Crippen molar-refractivity contribution in [2.24, 2.45) is 0 Å². The fraction of sp³-hybridized carbons (Fsp3) is 0.120. The van der Waals surface area contributed by atoms with Gasteiger partial charge in [-0.3, -0.25) is 9.59 Å². The van der Waals surface area contributed by atoms with Gasteiger partial charge in [0.1, 0.15) is 11.5 Å². The number of nitrogens with zero attached hydrogens (tertiary/aromatic N) is 2. The maximum atomic E-state index is 12.6. The lowest BCUT2D eigenvalue weighted by Crippen LogP contribution is -2.13. The Balaban J connectivity index is 1.37. The molecular formula is C25H22N4O5. The maximum Gasteiger partial charge on any atom is 0.255 e. The molecule has 2 N–H and O–H groups in total. The fourth-order valence-electron chi connectivity index (χ4n) is 3.12. The first-order valence-corrected chi connectivity index (χ1v) is 10.4. The number of carbonyl (C=O) groups excluding carboxylic acids is 2. The second kappa shape index (κ2) is 10.3. The number of aromatic nitrogens is 2. The smallest absolute Gasteiger partial charge is 0.255 e. The van der Waals surface area contributed by atoms with Crippen molar-refractivity contribution < 1.29 is 23.5 Å². The van der Waals surface area contributed by atoms with Gasteiger partial charge < -0.3 is 24.5 Å². The number of hydrogen-bond acceptors (Lipinski definition) is 7. The van der Waals surface area contributed by atoms with Gasteiger partial charge in [0.05, 0.1) is 7.11 Å². The van der Waals surface area contributed by atoms with E-state index in [4.69, 9.17) is 13.9 Å². The molecule has 9 nitrogen and oxygen atoms in total. The average molecular weight is 458 g/mol. The van der Waals surface area contributed by atoms with Crippen LogP contribution in [0.1, 0.15) is 23.2 Å². The number of carbonyl (C=O) groups is 2. The van der Waals surface area contributed by atoms with Crippen molar-refractivity contribution in [3.8, 4) is 23.0 Å². The van der Waals surface area contributed by atoms with Crippen molar-refractivity contribution in [2.75, 3.05) is 17.7 Å². The van der Waals surface area contributed by atoms with Gasteiger partial charge in [-0.1, -0.05) is 12.1 Å². The van der Waals surface area contributed by atoms with Crippen LogP contribution in [0.3, 0.4) is 0 Å². The highest BCUT2D eigenvalue weighted by Crippen LogP contribution is 2.23. The maximum absolute atomic E-state index is 12.6. The molecule has 0 aliphatic carbocycles. The predicted molar refractivity (Wildman–Crippen MR) is 126 cm³/mol. The molecule has 4 aromatic rings. The number of rotatable bonds is 8. The van der Waals surface area contributed by atoms with Crippen LogP contribution in [0.25, 0.3) is 11.5 Å². The van der Waals surface area contributed by atoms with Crippen molar-refractivity contribution in [1.82, 2.24) is 10.2 Å². The lowest BCUT2D eigenvalue weighted by Gasteiger charge is -2.09. The first-order valence-electron chi connectivity index (χ1n) is 10.4. The van der Waals surface area contributed by atoms with Crippen LogP contribution in [0.5, 0.6) is 11.5 Å². The first-order chi connectivity index (χ1) is 16.5. The molecule has 2 amide bonds. The third-order valence-electron chi connectivity index (χ3n) is 4.70. The molecule has 0 bridgehead atoms. The Morgan fingerprint density at radius 1 is 0.882 bits per heavy atom. The summed E-state index contributed by atoms with van der Waals surface area (Å²) >= 11 is 0. The summed E-state index contributed by atoms with van der Waals surface area (Å²) in [4.78, 5) is 23.9. The number of amides is 2. The second-order valence-electron chi connectivity index (χ2n) is 7.26. The lowest BCUT2D eigenvalue weighted by atomic mass is 10.2. The first kappa shape index (κ1) is 22.5. The molecule has 9 heteroatoms. The van der Waals surface area contributed by atoms with Crippen molar-refractivity contribution in [1.29, 1.82) is 0 Å².